The number of carbonyl (C=O) groups is 1. The topological polar surface area (TPSA) is 73.2 Å². The molecule has 1 fully saturated rings. The van der Waals surface area contributed by atoms with Crippen LogP contribution in [0.1, 0.15) is 49.2 Å². The van der Waals surface area contributed by atoms with Gasteiger partial charge >= 0.3 is 0 Å². The third-order valence-corrected chi connectivity index (χ3v) is 8.63. The molecule has 2 aromatic rings. The molecule has 1 aromatic carbocycles. The van der Waals surface area contributed by atoms with Crippen LogP contribution in [-0.4, -0.2) is 54.1 Å². The highest BCUT2D eigenvalue weighted by Crippen LogP contribution is 2.55. The van der Waals surface area contributed by atoms with Gasteiger partial charge in [-0.3, -0.25) is 19.3 Å². The van der Waals surface area contributed by atoms with Crippen LogP contribution in [0.2, 0.25) is 0 Å². The summed E-state index contributed by atoms with van der Waals surface area (Å²) in [7, 11) is 2.75. The fourth-order valence-electron chi connectivity index (χ4n) is 4.85. The summed E-state index contributed by atoms with van der Waals surface area (Å²) in [5.41, 5.74) is 0.597. The highest BCUT2D eigenvalue weighted by molar-refractivity contribution is 7.48. The average molecular weight is 474 g/mol. The van der Waals surface area contributed by atoms with E-state index in [1.165, 1.54) is 6.07 Å². The first kappa shape index (κ1) is 23.7. The fraction of sp³-hybridized carbons (Fsp3) is 0.500. The molecule has 0 bridgehead atoms. The predicted octanol–water partition coefficient (Wildman–Crippen LogP) is 3.71. The second-order valence-corrected chi connectivity index (χ2v) is 10.2. The van der Waals surface area contributed by atoms with E-state index < -0.39 is 14.0 Å². The summed E-state index contributed by atoms with van der Waals surface area (Å²) in [6.45, 7) is 5.38. The Morgan fingerprint density at radius 1 is 1.06 bits per heavy atom. The van der Waals surface area contributed by atoms with Crippen molar-refractivity contribution in [1.82, 2.24) is 9.58 Å². The smallest absolute Gasteiger partial charge is 0.278 e. The summed E-state index contributed by atoms with van der Waals surface area (Å²) in [5.74, 6) is -0.132. The number of amides is 1. The van der Waals surface area contributed by atoms with E-state index in [4.69, 9.17) is 13.8 Å². The number of hydrogen-bond acceptors (Lipinski definition) is 6. The lowest BCUT2D eigenvalue weighted by Crippen LogP contribution is -2.67. The highest BCUT2D eigenvalue weighted by atomic mass is 31.2. The molecule has 1 spiro atoms. The maximum Gasteiger partial charge on any atom is 0.278 e. The molecule has 2 aliphatic rings. The van der Waals surface area contributed by atoms with Gasteiger partial charge in [0.25, 0.3) is 5.91 Å². The number of nitrogens with zero attached hydrogens (tertiary/aromatic N) is 3. The van der Waals surface area contributed by atoms with Crippen LogP contribution in [-0.2, 0) is 15.7 Å². The fourth-order valence-corrected chi connectivity index (χ4v) is 6.64. The van der Waals surface area contributed by atoms with E-state index in [0.29, 0.717) is 13.2 Å². The van der Waals surface area contributed by atoms with E-state index in [0.717, 1.165) is 24.8 Å². The lowest BCUT2D eigenvalue weighted by Gasteiger charge is -2.51. The Morgan fingerprint density at radius 2 is 1.76 bits per heavy atom. The molecule has 1 aliphatic heterocycles. The summed E-state index contributed by atoms with van der Waals surface area (Å²) < 4.78 is 19.5. The third-order valence-electron chi connectivity index (χ3n) is 6.57. The minimum absolute atomic E-state index is 0.0836. The van der Waals surface area contributed by atoms with Crippen LogP contribution in [0.5, 0.6) is 5.75 Å². The standard InChI is InChI=1S/C24H32N3O5P/c1-5-31-33(32-6-2)19-12-14-24(16-19)25(3)23(29)21-22(20(28)13-15-27(21)26(24)4)30-17-18-10-8-7-9-11-18/h7-11,13,15,19H,5-6,12,14,16-17H2,1-4H3/t19-,24?/m0/s1. The van der Waals surface area contributed by atoms with Gasteiger partial charge in [0.05, 0.1) is 13.2 Å². The van der Waals surface area contributed by atoms with Gasteiger partial charge in [-0.25, -0.2) is 0 Å². The molecule has 33 heavy (non-hydrogen) atoms. The Morgan fingerprint density at radius 3 is 2.42 bits per heavy atom. The molecular formula is C24H32N3O5P. The van der Waals surface area contributed by atoms with Gasteiger partial charge in [-0.1, -0.05) is 30.3 Å². The van der Waals surface area contributed by atoms with Crippen molar-refractivity contribution in [2.75, 3.05) is 32.3 Å². The first-order valence-corrected chi connectivity index (χ1v) is 12.7. The van der Waals surface area contributed by atoms with Crippen molar-refractivity contribution in [3.8, 4) is 5.75 Å². The highest BCUT2D eigenvalue weighted by Gasteiger charge is 2.54. The van der Waals surface area contributed by atoms with Crippen molar-refractivity contribution in [2.45, 2.75) is 51.0 Å². The number of benzene rings is 1. The molecule has 8 nitrogen and oxygen atoms in total. The summed E-state index contributed by atoms with van der Waals surface area (Å²) >= 11 is 0. The van der Waals surface area contributed by atoms with Crippen molar-refractivity contribution in [2.24, 2.45) is 0 Å². The number of aromatic nitrogens is 1. The van der Waals surface area contributed by atoms with E-state index in [2.05, 4.69) is 5.01 Å². The number of rotatable bonds is 8. The minimum Gasteiger partial charge on any atom is -0.482 e. The van der Waals surface area contributed by atoms with Crippen molar-refractivity contribution < 1.29 is 18.6 Å². The quantitative estimate of drug-likeness (QED) is 0.545. The molecule has 1 aromatic heterocycles. The molecule has 178 valence electrons. The Hall–Kier alpha value is -2.41. The first-order valence-electron chi connectivity index (χ1n) is 11.4. The average Bonchev–Trinajstić information content (AvgIpc) is 3.27. The van der Waals surface area contributed by atoms with Crippen LogP contribution >= 0.6 is 8.38 Å². The summed E-state index contributed by atoms with van der Waals surface area (Å²) in [6.07, 6.45) is 4.10. The van der Waals surface area contributed by atoms with Gasteiger partial charge < -0.3 is 18.7 Å². The van der Waals surface area contributed by atoms with Crippen molar-refractivity contribution >= 4 is 14.3 Å². The Kier molecular flexibility index (Phi) is 7.07. The van der Waals surface area contributed by atoms with Crippen LogP contribution < -0.4 is 15.2 Å². The van der Waals surface area contributed by atoms with E-state index in [9.17, 15) is 9.59 Å². The van der Waals surface area contributed by atoms with Crippen molar-refractivity contribution in [3.05, 3.63) is 64.1 Å². The SMILES string of the molecule is CCOP(OCC)[C@H]1CCC2(C1)N(C)C(=O)c1c(OCc3ccccc3)c(=O)ccn1N2C. The van der Waals surface area contributed by atoms with Gasteiger partial charge in [0.15, 0.2) is 19.8 Å². The molecule has 9 heteroatoms. The van der Waals surface area contributed by atoms with Gasteiger partial charge in [-0.05, 0) is 32.3 Å². The van der Waals surface area contributed by atoms with Gasteiger partial charge in [-0.15, -0.1) is 0 Å². The Bertz CT molecular complexity index is 1040. The maximum absolute atomic E-state index is 13.6. The van der Waals surface area contributed by atoms with E-state index in [1.807, 2.05) is 58.3 Å². The molecule has 2 atom stereocenters. The summed E-state index contributed by atoms with van der Waals surface area (Å²) in [5, 5.41) is 2.06. The maximum atomic E-state index is 13.6. The monoisotopic (exact) mass is 473 g/mol. The van der Waals surface area contributed by atoms with E-state index in [-0.39, 0.29) is 35.0 Å². The minimum atomic E-state index is -1.02. The normalized spacial score (nSPS) is 22.3. The number of fused-ring (bicyclic) bond motifs is 1. The molecule has 4 rings (SSSR count). The summed E-state index contributed by atoms with van der Waals surface area (Å²) in [6, 6.07) is 11.1. The summed E-state index contributed by atoms with van der Waals surface area (Å²) in [4.78, 5) is 28.1. The van der Waals surface area contributed by atoms with Gasteiger partial charge in [0.1, 0.15) is 12.3 Å². The van der Waals surface area contributed by atoms with Crippen LogP contribution in [0.25, 0.3) is 0 Å². The van der Waals surface area contributed by atoms with Gasteiger partial charge in [0.2, 0.25) is 5.43 Å². The zero-order valence-corrected chi connectivity index (χ0v) is 20.6. The second kappa shape index (κ2) is 9.84. The predicted molar refractivity (Wildman–Crippen MR) is 128 cm³/mol. The molecule has 0 radical (unpaired) electrons. The van der Waals surface area contributed by atoms with Crippen LogP contribution in [0, 0.1) is 0 Å². The molecule has 0 saturated heterocycles. The Balaban J connectivity index is 1.65. The Labute approximate surface area is 195 Å². The second-order valence-electron chi connectivity index (χ2n) is 8.36. The molecule has 2 heterocycles. The molecule has 1 amide bonds. The van der Waals surface area contributed by atoms with Crippen LogP contribution in [0.4, 0.5) is 0 Å². The number of ether oxygens (including phenoxy) is 1. The molecule has 1 saturated carbocycles. The van der Waals surface area contributed by atoms with E-state index >= 15 is 0 Å². The molecule has 1 unspecified atom stereocenters. The van der Waals surface area contributed by atoms with Crippen molar-refractivity contribution in [3.63, 3.8) is 0 Å². The van der Waals surface area contributed by atoms with Gasteiger partial charge in [0, 0.05) is 38.4 Å². The number of pyridine rings is 1. The third kappa shape index (κ3) is 4.27. The van der Waals surface area contributed by atoms with E-state index in [1.54, 1.807) is 15.8 Å². The zero-order chi connectivity index (χ0) is 23.6. The number of hydrogen-bond donors (Lipinski definition) is 0. The van der Waals surface area contributed by atoms with Crippen LogP contribution in [0.3, 0.4) is 0 Å². The first-order chi connectivity index (χ1) is 15.9. The molecule has 1 aliphatic carbocycles. The van der Waals surface area contributed by atoms with Crippen LogP contribution in [0.15, 0.2) is 47.4 Å². The lowest BCUT2D eigenvalue weighted by atomic mass is 10.0. The zero-order valence-electron chi connectivity index (χ0n) is 19.7. The lowest BCUT2D eigenvalue weighted by molar-refractivity contribution is 0.0401. The van der Waals surface area contributed by atoms with Gasteiger partial charge in [-0.2, -0.15) is 0 Å². The molecule has 0 N–H and O–H groups in total. The number of carbonyl (C=O) groups excluding carboxylic acids is 1. The van der Waals surface area contributed by atoms with Crippen molar-refractivity contribution in [1.29, 1.82) is 0 Å². The largest absolute Gasteiger partial charge is 0.482 e. The molecular weight excluding hydrogens is 441 g/mol.